The van der Waals surface area contributed by atoms with E-state index in [1.807, 2.05) is 12.2 Å². The minimum Gasteiger partial charge on any atom is -0.396 e. The first-order valence-corrected chi connectivity index (χ1v) is 7.28. The zero-order valence-corrected chi connectivity index (χ0v) is 11.4. The monoisotopic (exact) mass is 270 g/mol. The van der Waals surface area contributed by atoms with Crippen LogP contribution in [0.4, 0.5) is 0 Å². The molecule has 1 rings (SSSR count). The molecular weight excluding hydrogens is 244 g/mol. The van der Waals surface area contributed by atoms with Crippen molar-refractivity contribution in [2.24, 2.45) is 11.8 Å². The van der Waals surface area contributed by atoms with Crippen molar-refractivity contribution in [3.63, 3.8) is 0 Å². The van der Waals surface area contributed by atoms with Gasteiger partial charge in [-0.1, -0.05) is 25.0 Å². The first-order valence-electron chi connectivity index (χ1n) is 7.28. The van der Waals surface area contributed by atoms with E-state index in [1.165, 1.54) is 0 Å². The number of hydrogen-bond acceptors (Lipinski definition) is 4. The summed E-state index contributed by atoms with van der Waals surface area (Å²) < 4.78 is 0. The van der Waals surface area contributed by atoms with Gasteiger partial charge < -0.3 is 20.1 Å². The third kappa shape index (κ3) is 5.43. The molecule has 4 atom stereocenters. The lowest BCUT2D eigenvalue weighted by molar-refractivity contribution is -0.109. The second kappa shape index (κ2) is 9.23. The van der Waals surface area contributed by atoms with E-state index in [0.717, 1.165) is 38.4 Å². The second-order valence-electron chi connectivity index (χ2n) is 5.37. The molecule has 0 radical (unpaired) electrons. The SMILES string of the molecule is O=CC[C@@H]1[C@@H](C=CCCCCCCO)[C@H](O)C[C@@H]1O. The summed E-state index contributed by atoms with van der Waals surface area (Å²) in [7, 11) is 0. The summed E-state index contributed by atoms with van der Waals surface area (Å²) in [6, 6.07) is 0. The summed E-state index contributed by atoms with van der Waals surface area (Å²) in [5, 5.41) is 28.3. The molecule has 1 aliphatic carbocycles. The van der Waals surface area contributed by atoms with Crippen LogP contribution in [0.3, 0.4) is 0 Å². The molecule has 0 bridgehead atoms. The van der Waals surface area contributed by atoms with Gasteiger partial charge in [0.1, 0.15) is 6.29 Å². The van der Waals surface area contributed by atoms with Crippen LogP contribution in [-0.4, -0.2) is 40.4 Å². The van der Waals surface area contributed by atoms with Gasteiger partial charge in [-0.3, -0.25) is 0 Å². The summed E-state index contributed by atoms with van der Waals surface area (Å²) in [6.45, 7) is 0.259. The third-order valence-electron chi connectivity index (χ3n) is 3.92. The Morgan fingerprint density at radius 1 is 1.05 bits per heavy atom. The molecule has 0 aliphatic heterocycles. The number of aldehydes is 1. The zero-order chi connectivity index (χ0) is 14.1. The van der Waals surface area contributed by atoms with E-state index in [0.29, 0.717) is 12.8 Å². The Morgan fingerprint density at radius 3 is 2.47 bits per heavy atom. The van der Waals surface area contributed by atoms with Crippen molar-refractivity contribution in [2.75, 3.05) is 6.61 Å². The maximum Gasteiger partial charge on any atom is 0.120 e. The largest absolute Gasteiger partial charge is 0.396 e. The molecule has 0 aromatic heterocycles. The minimum absolute atomic E-state index is 0.0994. The first kappa shape index (κ1) is 16.3. The molecule has 0 saturated heterocycles. The van der Waals surface area contributed by atoms with E-state index in [-0.39, 0.29) is 18.4 Å². The Kier molecular flexibility index (Phi) is 7.94. The molecule has 4 heteroatoms. The third-order valence-corrected chi connectivity index (χ3v) is 3.92. The van der Waals surface area contributed by atoms with Gasteiger partial charge in [0.15, 0.2) is 0 Å². The highest BCUT2D eigenvalue weighted by molar-refractivity contribution is 5.50. The van der Waals surface area contributed by atoms with Gasteiger partial charge in [-0.15, -0.1) is 0 Å². The molecule has 19 heavy (non-hydrogen) atoms. The van der Waals surface area contributed by atoms with Crippen molar-refractivity contribution in [3.8, 4) is 0 Å². The molecule has 4 nitrogen and oxygen atoms in total. The number of unbranched alkanes of at least 4 members (excludes halogenated alkanes) is 4. The van der Waals surface area contributed by atoms with Crippen LogP contribution in [-0.2, 0) is 4.79 Å². The van der Waals surface area contributed by atoms with Crippen molar-refractivity contribution < 1.29 is 20.1 Å². The van der Waals surface area contributed by atoms with Gasteiger partial charge in [-0.25, -0.2) is 0 Å². The van der Waals surface area contributed by atoms with Gasteiger partial charge in [-0.2, -0.15) is 0 Å². The van der Waals surface area contributed by atoms with Gasteiger partial charge in [0, 0.05) is 31.3 Å². The van der Waals surface area contributed by atoms with Crippen LogP contribution in [0, 0.1) is 11.8 Å². The molecule has 1 aliphatic rings. The number of aliphatic hydroxyl groups is 3. The minimum atomic E-state index is -0.570. The van der Waals surface area contributed by atoms with Crippen molar-refractivity contribution >= 4 is 6.29 Å². The molecule has 0 amide bonds. The summed E-state index contributed by atoms with van der Waals surface area (Å²) >= 11 is 0. The standard InChI is InChI=1S/C15H26O4/c16-9-6-4-2-1-3-5-7-12-13(8-10-17)15(19)11-14(12)18/h5,7,10,12-16,18-19H,1-4,6,8-9,11H2/t12-,13-,14-,15+/m1/s1. The fourth-order valence-corrected chi connectivity index (χ4v) is 2.80. The van der Waals surface area contributed by atoms with Crippen LogP contribution in [0.15, 0.2) is 12.2 Å². The number of allylic oxidation sites excluding steroid dienone is 1. The summed E-state index contributed by atoms with van der Waals surface area (Å²) in [5.41, 5.74) is 0. The summed E-state index contributed by atoms with van der Waals surface area (Å²) in [6.07, 6.45) is 9.41. The lowest BCUT2D eigenvalue weighted by atomic mass is 9.90. The van der Waals surface area contributed by atoms with Gasteiger partial charge in [0.05, 0.1) is 12.2 Å². The maximum atomic E-state index is 10.6. The normalized spacial score (nSPS) is 31.1. The molecule has 0 unspecified atom stereocenters. The molecule has 0 aromatic carbocycles. The fraction of sp³-hybridized carbons (Fsp3) is 0.800. The lowest BCUT2D eigenvalue weighted by Crippen LogP contribution is -2.20. The predicted octanol–water partition coefficient (Wildman–Crippen LogP) is 1.43. The second-order valence-corrected chi connectivity index (χ2v) is 5.37. The average molecular weight is 270 g/mol. The Balaban J connectivity index is 2.30. The average Bonchev–Trinajstić information content (AvgIpc) is 2.64. The van der Waals surface area contributed by atoms with Gasteiger partial charge in [0.2, 0.25) is 0 Å². The van der Waals surface area contributed by atoms with Crippen molar-refractivity contribution in [2.45, 2.75) is 57.2 Å². The van der Waals surface area contributed by atoms with E-state index >= 15 is 0 Å². The van der Waals surface area contributed by atoms with Crippen molar-refractivity contribution in [3.05, 3.63) is 12.2 Å². The molecule has 110 valence electrons. The van der Waals surface area contributed by atoms with Crippen LogP contribution in [0.2, 0.25) is 0 Å². The number of carbonyl (C=O) groups excluding carboxylic acids is 1. The fourth-order valence-electron chi connectivity index (χ4n) is 2.80. The molecule has 1 saturated carbocycles. The highest BCUT2D eigenvalue weighted by atomic mass is 16.3. The number of hydrogen-bond donors (Lipinski definition) is 3. The van der Waals surface area contributed by atoms with Gasteiger partial charge in [0.25, 0.3) is 0 Å². The topological polar surface area (TPSA) is 77.8 Å². The van der Waals surface area contributed by atoms with E-state index in [1.54, 1.807) is 0 Å². The molecule has 0 aromatic rings. The van der Waals surface area contributed by atoms with Crippen LogP contribution in [0.1, 0.15) is 44.9 Å². The van der Waals surface area contributed by atoms with Crippen molar-refractivity contribution in [1.82, 2.24) is 0 Å². The molecular formula is C15H26O4. The van der Waals surface area contributed by atoms with Crippen LogP contribution < -0.4 is 0 Å². The Hall–Kier alpha value is -0.710. The number of aliphatic hydroxyl groups excluding tert-OH is 3. The molecule has 3 N–H and O–H groups in total. The lowest BCUT2D eigenvalue weighted by Gasteiger charge is -2.17. The Bertz CT molecular complexity index is 277. The maximum absolute atomic E-state index is 10.6. The van der Waals surface area contributed by atoms with Crippen LogP contribution >= 0.6 is 0 Å². The molecule has 0 spiro atoms. The van der Waals surface area contributed by atoms with Crippen molar-refractivity contribution in [1.29, 1.82) is 0 Å². The van der Waals surface area contributed by atoms with E-state index in [4.69, 9.17) is 5.11 Å². The summed E-state index contributed by atoms with van der Waals surface area (Å²) in [5.74, 6) is -0.240. The Morgan fingerprint density at radius 2 is 1.79 bits per heavy atom. The van der Waals surface area contributed by atoms with E-state index in [2.05, 4.69) is 0 Å². The number of carbonyl (C=O) groups is 1. The smallest absolute Gasteiger partial charge is 0.120 e. The first-order chi connectivity index (χ1) is 9.20. The predicted molar refractivity (Wildman–Crippen MR) is 73.6 cm³/mol. The highest BCUT2D eigenvalue weighted by Gasteiger charge is 2.39. The quantitative estimate of drug-likeness (QED) is 0.336. The molecule has 1 fully saturated rings. The van der Waals surface area contributed by atoms with Gasteiger partial charge in [-0.05, 0) is 19.3 Å². The van der Waals surface area contributed by atoms with Gasteiger partial charge >= 0.3 is 0 Å². The van der Waals surface area contributed by atoms with E-state index in [9.17, 15) is 15.0 Å². The summed E-state index contributed by atoms with van der Waals surface area (Å²) in [4.78, 5) is 10.6. The van der Waals surface area contributed by atoms with E-state index < -0.39 is 12.2 Å². The highest BCUT2D eigenvalue weighted by Crippen LogP contribution is 2.35. The number of rotatable bonds is 9. The van der Waals surface area contributed by atoms with Crippen LogP contribution in [0.5, 0.6) is 0 Å². The Labute approximate surface area is 115 Å². The zero-order valence-electron chi connectivity index (χ0n) is 11.4. The molecule has 0 heterocycles. The van der Waals surface area contributed by atoms with Crippen LogP contribution in [0.25, 0.3) is 0 Å².